The van der Waals surface area contributed by atoms with Gasteiger partial charge in [-0.2, -0.15) is 0 Å². The summed E-state index contributed by atoms with van der Waals surface area (Å²) in [6.45, 7) is 1.87. The Bertz CT molecular complexity index is 445. The topological polar surface area (TPSA) is 60.2 Å². The quantitative estimate of drug-likeness (QED) is 0.882. The van der Waals surface area contributed by atoms with Crippen molar-refractivity contribution in [1.29, 1.82) is 0 Å². The standard InChI is InChI=1S/C11H16ClNO2S/c1-2-11(13)8-16(14,15)7-9-4-3-5-10(12)6-9/h3-6,11H,2,7-8,13H2,1H3. The van der Waals surface area contributed by atoms with Crippen LogP contribution in [0.2, 0.25) is 5.02 Å². The van der Waals surface area contributed by atoms with Gasteiger partial charge in [-0.15, -0.1) is 0 Å². The molecule has 2 N–H and O–H groups in total. The predicted octanol–water partition coefficient (Wildman–Crippen LogP) is 1.99. The van der Waals surface area contributed by atoms with E-state index >= 15 is 0 Å². The Labute approximate surface area is 102 Å². The Morgan fingerprint density at radius 1 is 1.44 bits per heavy atom. The van der Waals surface area contributed by atoms with E-state index in [1.165, 1.54) is 0 Å². The first-order valence-corrected chi connectivity index (χ1v) is 7.33. The van der Waals surface area contributed by atoms with Gasteiger partial charge in [0.1, 0.15) is 0 Å². The van der Waals surface area contributed by atoms with E-state index in [4.69, 9.17) is 17.3 Å². The molecule has 1 rings (SSSR count). The van der Waals surface area contributed by atoms with Gasteiger partial charge >= 0.3 is 0 Å². The summed E-state index contributed by atoms with van der Waals surface area (Å²) in [4.78, 5) is 0. The summed E-state index contributed by atoms with van der Waals surface area (Å²) in [5.74, 6) is 0.0251. The molecule has 16 heavy (non-hydrogen) atoms. The molecule has 1 aromatic carbocycles. The number of hydrogen-bond acceptors (Lipinski definition) is 3. The third-order valence-electron chi connectivity index (χ3n) is 2.27. The predicted molar refractivity (Wildman–Crippen MR) is 67.2 cm³/mol. The molecule has 1 aromatic rings. The third-order valence-corrected chi connectivity index (χ3v) is 4.21. The van der Waals surface area contributed by atoms with Crippen LogP contribution in [0.5, 0.6) is 0 Å². The van der Waals surface area contributed by atoms with E-state index in [1.54, 1.807) is 24.3 Å². The highest BCUT2D eigenvalue weighted by molar-refractivity contribution is 7.90. The molecule has 0 radical (unpaired) electrons. The maximum atomic E-state index is 11.8. The van der Waals surface area contributed by atoms with Crippen molar-refractivity contribution in [2.24, 2.45) is 5.73 Å². The van der Waals surface area contributed by atoms with Crippen LogP contribution < -0.4 is 5.73 Å². The lowest BCUT2D eigenvalue weighted by Gasteiger charge is -2.09. The molecule has 0 heterocycles. The molecule has 1 atom stereocenters. The molecule has 0 saturated carbocycles. The molecule has 0 aliphatic carbocycles. The normalized spacial score (nSPS) is 13.7. The van der Waals surface area contributed by atoms with Crippen LogP contribution in [0.4, 0.5) is 0 Å². The number of nitrogens with two attached hydrogens (primary N) is 1. The molecule has 0 aromatic heterocycles. The molecule has 0 aliphatic heterocycles. The Kier molecular flexibility index (Phi) is 4.77. The zero-order valence-electron chi connectivity index (χ0n) is 9.19. The molecular formula is C11H16ClNO2S. The highest BCUT2D eigenvalue weighted by atomic mass is 35.5. The van der Waals surface area contributed by atoms with Gasteiger partial charge in [0.25, 0.3) is 0 Å². The Hall–Kier alpha value is -0.580. The molecule has 0 fully saturated rings. The SMILES string of the molecule is CCC(N)CS(=O)(=O)Cc1cccc(Cl)c1. The molecule has 0 spiro atoms. The summed E-state index contributed by atoms with van der Waals surface area (Å²) in [5.41, 5.74) is 6.34. The van der Waals surface area contributed by atoms with E-state index in [0.717, 1.165) is 0 Å². The van der Waals surface area contributed by atoms with Crippen molar-refractivity contribution in [3.05, 3.63) is 34.9 Å². The van der Waals surface area contributed by atoms with Crippen molar-refractivity contribution in [2.75, 3.05) is 5.75 Å². The van der Waals surface area contributed by atoms with Crippen LogP contribution in [-0.4, -0.2) is 20.2 Å². The number of rotatable bonds is 5. The van der Waals surface area contributed by atoms with Gasteiger partial charge in [-0.05, 0) is 24.1 Å². The summed E-state index contributed by atoms with van der Waals surface area (Å²) in [6, 6.07) is 6.59. The fourth-order valence-electron chi connectivity index (χ4n) is 1.38. The van der Waals surface area contributed by atoms with Gasteiger partial charge in [-0.3, -0.25) is 0 Å². The number of halogens is 1. The zero-order chi connectivity index (χ0) is 12.2. The van der Waals surface area contributed by atoms with Gasteiger partial charge < -0.3 is 5.73 Å². The van der Waals surface area contributed by atoms with Crippen molar-refractivity contribution < 1.29 is 8.42 Å². The van der Waals surface area contributed by atoms with Gasteiger partial charge in [0, 0.05) is 11.1 Å². The fraction of sp³-hybridized carbons (Fsp3) is 0.455. The van der Waals surface area contributed by atoms with E-state index in [9.17, 15) is 8.42 Å². The minimum Gasteiger partial charge on any atom is -0.327 e. The molecule has 0 bridgehead atoms. The van der Waals surface area contributed by atoms with Gasteiger partial charge in [0.2, 0.25) is 0 Å². The van der Waals surface area contributed by atoms with E-state index in [-0.39, 0.29) is 17.5 Å². The van der Waals surface area contributed by atoms with Crippen molar-refractivity contribution in [2.45, 2.75) is 25.1 Å². The maximum Gasteiger partial charge on any atom is 0.155 e. The molecule has 90 valence electrons. The molecule has 3 nitrogen and oxygen atoms in total. The molecule has 0 amide bonds. The number of sulfone groups is 1. The third kappa shape index (κ3) is 4.51. The Morgan fingerprint density at radius 3 is 2.69 bits per heavy atom. The second-order valence-electron chi connectivity index (χ2n) is 3.85. The molecule has 0 saturated heterocycles. The van der Waals surface area contributed by atoms with Crippen LogP contribution in [0, 0.1) is 0 Å². The average Bonchev–Trinajstić information content (AvgIpc) is 2.15. The van der Waals surface area contributed by atoms with Gasteiger partial charge in [-0.25, -0.2) is 8.42 Å². The van der Waals surface area contributed by atoms with Crippen LogP contribution >= 0.6 is 11.6 Å². The monoisotopic (exact) mass is 261 g/mol. The molecule has 0 aliphatic rings. The average molecular weight is 262 g/mol. The minimum absolute atomic E-state index is 0.00125. The van der Waals surface area contributed by atoms with E-state index in [2.05, 4.69) is 0 Å². The van der Waals surface area contributed by atoms with Gasteiger partial charge in [0.05, 0.1) is 11.5 Å². The van der Waals surface area contributed by atoms with Crippen LogP contribution in [-0.2, 0) is 15.6 Å². The van der Waals surface area contributed by atoms with Crippen LogP contribution in [0.1, 0.15) is 18.9 Å². The number of hydrogen-bond donors (Lipinski definition) is 1. The van der Waals surface area contributed by atoms with Gasteiger partial charge in [-0.1, -0.05) is 30.7 Å². The highest BCUT2D eigenvalue weighted by Gasteiger charge is 2.15. The zero-order valence-corrected chi connectivity index (χ0v) is 10.8. The lowest BCUT2D eigenvalue weighted by Crippen LogP contribution is -2.29. The maximum absolute atomic E-state index is 11.8. The molecule has 1 unspecified atom stereocenters. The summed E-state index contributed by atoms with van der Waals surface area (Å²) in [5, 5.41) is 0.549. The van der Waals surface area contributed by atoms with Crippen LogP contribution in [0.25, 0.3) is 0 Å². The summed E-state index contributed by atoms with van der Waals surface area (Å²) in [7, 11) is -3.15. The second-order valence-corrected chi connectivity index (χ2v) is 6.40. The second kappa shape index (κ2) is 5.66. The van der Waals surface area contributed by atoms with Crippen molar-refractivity contribution in [1.82, 2.24) is 0 Å². The van der Waals surface area contributed by atoms with Crippen molar-refractivity contribution >= 4 is 21.4 Å². The fourth-order valence-corrected chi connectivity index (χ4v) is 3.29. The molecule has 5 heteroatoms. The van der Waals surface area contributed by atoms with E-state index < -0.39 is 9.84 Å². The van der Waals surface area contributed by atoms with Crippen LogP contribution in [0.3, 0.4) is 0 Å². The first-order valence-electron chi connectivity index (χ1n) is 5.13. The smallest absolute Gasteiger partial charge is 0.155 e. The lowest BCUT2D eigenvalue weighted by atomic mass is 10.2. The van der Waals surface area contributed by atoms with Gasteiger partial charge in [0.15, 0.2) is 9.84 Å². The summed E-state index contributed by atoms with van der Waals surface area (Å²) in [6.07, 6.45) is 0.661. The van der Waals surface area contributed by atoms with E-state index in [1.807, 2.05) is 6.92 Å². The number of benzene rings is 1. The van der Waals surface area contributed by atoms with Crippen molar-refractivity contribution in [3.8, 4) is 0 Å². The van der Waals surface area contributed by atoms with Crippen LogP contribution in [0.15, 0.2) is 24.3 Å². The molecular weight excluding hydrogens is 246 g/mol. The van der Waals surface area contributed by atoms with Crippen molar-refractivity contribution in [3.63, 3.8) is 0 Å². The Morgan fingerprint density at radius 2 is 2.12 bits per heavy atom. The lowest BCUT2D eigenvalue weighted by molar-refractivity contribution is 0.583. The minimum atomic E-state index is -3.15. The summed E-state index contributed by atoms with van der Waals surface area (Å²) < 4.78 is 23.5. The highest BCUT2D eigenvalue weighted by Crippen LogP contribution is 2.14. The first-order chi connectivity index (χ1) is 7.43. The summed E-state index contributed by atoms with van der Waals surface area (Å²) >= 11 is 5.79. The first kappa shape index (κ1) is 13.5. The van der Waals surface area contributed by atoms with E-state index in [0.29, 0.717) is 17.0 Å². The Balaban J connectivity index is 2.73. The largest absolute Gasteiger partial charge is 0.327 e.